The third-order valence-corrected chi connectivity index (χ3v) is 4.99. The highest BCUT2D eigenvalue weighted by atomic mass is 35.5. The molecule has 8 heteroatoms. The molecule has 1 heterocycles. The van der Waals surface area contributed by atoms with Gasteiger partial charge in [0.15, 0.2) is 0 Å². The molecular formula is C12H14ClN3O3S. The second-order valence-corrected chi connectivity index (χ2v) is 6.80. The van der Waals surface area contributed by atoms with Gasteiger partial charge in [-0.15, -0.1) is 0 Å². The summed E-state index contributed by atoms with van der Waals surface area (Å²) in [6.07, 6.45) is 0. The van der Waals surface area contributed by atoms with Gasteiger partial charge in [-0.25, -0.2) is 8.42 Å². The molecule has 0 fully saturated rings. The minimum Gasteiger partial charge on any atom is -0.399 e. The highest BCUT2D eigenvalue weighted by Gasteiger charge is 2.24. The molecule has 0 saturated carbocycles. The number of anilines is 1. The molecule has 20 heavy (non-hydrogen) atoms. The highest BCUT2D eigenvalue weighted by Crippen LogP contribution is 2.26. The van der Waals surface area contributed by atoms with Crippen LogP contribution in [-0.4, -0.2) is 24.9 Å². The average Bonchev–Trinajstić information content (AvgIpc) is 2.74. The lowest BCUT2D eigenvalue weighted by atomic mass is 10.3. The van der Waals surface area contributed by atoms with Crippen molar-refractivity contribution in [3.63, 3.8) is 0 Å². The van der Waals surface area contributed by atoms with Gasteiger partial charge in [0.2, 0.25) is 10.0 Å². The maximum Gasteiger partial charge on any atom is 0.244 e. The zero-order chi connectivity index (χ0) is 14.9. The van der Waals surface area contributed by atoms with Crippen LogP contribution in [0.25, 0.3) is 0 Å². The molecule has 0 unspecified atom stereocenters. The summed E-state index contributed by atoms with van der Waals surface area (Å²) in [5.74, 6) is 0.622. The van der Waals surface area contributed by atoms with E-state index in [-0.39, 0.29) is 16.5 Å². The van der Waals surface area contributed by atoms with E-state index >= 15 is 0 Å². The van der Waals surface area contributed by atoms with Gasteiger partial charge in [0.25, 0.3) is 0 Å². The Morgan fingerprint density at radius 3 is 2.65 bits per heavy atom. The summed E-state index contributed by atoms with van der Waals surface area (Å²) in [5, 5.41) is 3.86. The van der Waals surface area contributed by atoms with E-state index in [1.165, 1.54) is 25.2 Å². The summed E-state index contributed by atoms with van der Waals surface area (Å²) in [6.45, 7) is 1.84. The van der Waals surface area contributed by atoms with Crippen molar-refractivity contribution in [3.8, 4) is 0 Å². The molecule has 2 rings (SSSR count). The second-order valence-electron chi connectivity index (χ2n) is 4.38. The van der Waals surface area contributed by atoms with Gasteiger partial charge in [-0.3, -0.25) is 0 Å². The molecule has 6 nitrogen and oxygen atoms in total. The Kier molecular flexibility index (Phi) is 4.03. The Labute approximate surface area is 122 Å². The van der Waals surface area contributed by atoms with Gasteiger partial charge in [-0.1, -0.05) is 16.8 Å². The topological polar surface area (TPSA) is 89.4 Å². The van der Waals surface area contributed by atoms with Crippen molar-refractivity contribution in [1.82, 2.24) is 9.46 Å². The number of nitrogens with zero attached hydrogens (tertiary/aromatic N) is 2. The molecule has 108 valence electrons. The van der Waals surface area contributed by atoms with E-state index in [0.717, 1.165) is 4.31 Å². The van der Waals surface area contributed by atoms with Gasteiger partial charge in [0.1, 0.15) is 10.7 Å². The third-order valence-electron chi connectivity index (χ3n) is 2.71. The Morgan fingerprint density at radius 1 is 1.40 bits per heavy atom. The molecule has 2 N–H and O–H groups in total. The molecule has 0 aliphatic heterocycles. The molecule has 0 amide bonds. The predicted octanol–water partition coefficient (Wildman–Crippen LogP) is 2.04. The van der Waals surface area contributed by atoms with Crippen LogP contribution in [-0.2, 0) is 16.6 Å². The lowest BCUT2D eigenvalue weighted by Crippen LogP contribution is -2.27. The Hall–Kier alpha value is -1.57. The van der Waals surface area contributed by atoms with Crippen molar-refractivity contribution < 1.29 is 12.9 Å². The lowest BCUT2D eigenvalue weighted by Gasteiger charge is -2.16. The molecule has 1 aromatic carbocycles. The number of sulfonamides is 1. The number of halogens is 1. The molecule has 0 aliphatic carbocycles. The minimum atomic E-state index is -3.71. The number of nitrogen functional groups attached to an aromatic ring is 1. The summed E-state index contributed by atoms with van der Waals surface area (Å²) in [5.41, 5.74) is 6.49. The molecule has 0 atom stereocenters. The summed E-state index contributed by atoms with van der Waals surface area (Å²) < 4.78 is 30.9. The first-order chi connectivity index (χ1) is 9.30. The van der Waals surface area contributed by atoms with Gasteiger partial charge in [-0.2, -0.15) is 4.31 Å². The predicted molar refractivity (Wildman–Crippen MR) is 75.8 cm³/mol. The van der Waals surface area contributed by atoms with Gasteiger partial charge >= 0.3 is 0 Å². The summed E-state index contributed by atoms with van der Waals surface area (Å²) >= 11 is 5.95. The molecular weight excluding hydrogens is 302 g/mol. The molecule has 0 radical (unpaired) electrons. The average molecular weight is 316 g/mol. The number of nitrogens with two attached hydrogens (primary N) is 1. The van der Waals surface area contributed by atoms with Crippen LogP contribution >= 0.6 is 11.6 Å². The first-order valence-corrected chi connectivity index (χ1v) is 7.56. The van der Waals surface area contributed by atoms with Gasteiger partial charge in [0.05, 0.1) is 17.3 Å². The van der Waals surface area contributed by atoms with E-state index in [0.29, 0.717) is 17.1 Å². The minimum absolute atomic E-state index is 0.0103. The van der Waals surface area contributed by atoms with Crippen molar-refractivity contribution >= 4 is 27.3 Å². The Bertz CT molecular complexity index is 727. The van der Waals surface area contributed by atoms with Crippen molar-refractivity contribution in [1.29, 1.82) is 0 Å². The molecule has 1 aromatic heterocycles. The second kappa shape index (κ2) is 5.43. The van der Waals surface area contributed by atoms with Crippen LogP contribution in [0.15, 0.2) is 33.7 Å². The number of aryl methyl sites for hydroxylation is 1. The fourth-order valence-corrected chi connectivity index (χ4v) is 3.36. The standard InChI is InChI=1S/C12H14ClN3O3S/c1-8-5-10(15-19-8)7-16(2)20(17,18)12-4-3-9(14)6-11(12)13/h3-6H,7,14H2,1-2H3. The summed E-state index contributed by atoms with van der Waals surface area (Å²) in [4.78, 5) is 0.0103. The van der Waals surface area contributed by atoms with E-state index in [2.05, 4.69) is 5.16 Å². The van der Waals surface area contributed by atoms with Gasteiger partial charge in [0, 0.05) is 18.8 Å². The van der Waals surface area contributed by atoms with Crippen LogP contribution < -0.4 is 5.73 Å². The molecule has 2 aromatic rings. The van der Waals surface area contributed by atoms with Gasteiger partial charge < -0.3 is 10.3 Å². The first kappa shape index (κ1) is 14.8. The van der Waals surface area contributed by atoms with Crippen LogP contribution in [0.1, 0.15) is 11.5 Å². The number of hydrogen-bond donors (Lipinski definition) is 1. The van der Waals surface area contributed by atoms with Gasteiger partial charge in [-0.05, 0) is 25.1 Å². The molecule has 0 saturated heterocycles. The van der Waals surface area contributed by atoms with Crippen LogP contribution in [0.2, 0.25) is 5.02 Å². The summed E-state index contributed by atoms with van der Waals surface area (Å²) in [6, 6.07) is 5.96. The number of rotatable bonds is 4. The fourth-order valence-electron chi connectivity index (χ4n) is 1.70. The third kappa shape index (κ3) is 2.95. The van der Waals surface area contributed by atoms with Crippen molar-refractivity contribution in [2.45, 2.75) is 18.4 Å². The van der Waals surface area contributed by atoms with Crippen LogP contribution in [0.4, 0.5) is 5.69 Å². The Balaban J connectivity index is 2.29. The zero-order valence-corrected chi connectivity index (χ0v) is 12.6. The Morgan fingerprint density at radius 2 is 2.10 bits per heavy atom. The molecule has 0 aliphatic rings. The normalized spacial score (nSPS) is 12.0. The number of benzene rings is 1. The maximum absolute atomic E-state index is 12.4. The lowest BCUT2D eigenvalue weighted by molar-refractivity contribution is 0.378. The smallest absolute Gasteiger partial charge is 0.244 e. The SMILES string of the molecule is Cc1cc(CN(C)S(=O)(=O)c2ccc(N)cc2Cl)no1. The van der Waals surface area contributed by atoms with Crippen molar-refractivity contribution in [2.24, 2.45) is 0 Å². The first-order valence-electron chi connectivity index (χ1n) is 5.74. The zero-order valence-electron chi connectivity index (χ0n) is 11.0. The summed E-state index contributed by atoms with van der Waals surface area (Å²) in [7, 11) is -2.26. The molecule has 0 bridgehead atoms. The van der Waals surface area contributed by atoms with E-state index < -0.39 is 10.0 Å². The van der Waals surface area contributed by atoms with Crippen molar-refractivity contribution in [3.05, 3.63) is 40.7 Å². The van der Waals surface area contributed by atoms with Crippen molar-refractivity contribution in [2.75, 3.05) is 12.8 Å². The number of aromatic nitrogens is 1. The van der Waals surface area contributed by atoms with E-state index in [1.807, 2.05) is 0 Å². The highest BCUT2D eigenvalue weighted by molar-refractivity contribution is 7.89. The maximum atomic E-state index is 12.4. The molecule has 0 spiro atoms. The van der Waals surface area contributed by atoms with E-state index in [4.69, 9.17) is 21.9 Å². The van der Waals surface area contributed by atoms with Crippen LogP contribution in [0, 0.1) is 6.92 Å². The quantitative estimate of drug-likeness (QED) is 0.872. The number of hydrogen-bond acceptors (Lipinski definition) is 5. The van der Waals surface area contributed by atoms with E-state index in [1.54, 1.807) is 13.0 Å². The van der Waals surface area contributed by atoms with E-state index in [9.17, 15) is 8.42 Å². The monoisotopic (exact) mass is 315 g/mol. The largest absolute Gasteiger partial charge is 0.399 e. The fraction of sp³-hybridized carbons (Fsp3) is 0.250. The van der Waals surface area contributed by atoms with Crippen LogP contribution in [0.3, 0.4) is 0 Å². The van der Waals surface area contributed by atoms with Crippen LogP contribution in [0.5, 0.6) is 0 Å².